The third-order valence-corrected chi connectivity index (χ3v) is 6.79. The molecule has 1 aliphatic heterocycles. The predicted molar refractivity (Wildman–Crippen MR) is 78.1 cm³/mol. The minimum absolute atomic E-state index is 0.0175. The maximum Gasteiger partial charge on any atom is 0.244 e. The number of halogens is 1. The maximum atomic E-state index is 12.6. The van der Waals surface area contributed by atoms with E-state index in [1.165, 1.54) is 16.4 Å². The fourth-order valence-electron chi connectivity index (χ4n) is 2.00. The van der Waals surface area contributed by atoms with Crippen LogP contribution in [0.4, 0.5) is 0 Å². The summed E-state index contributed by atoms with van der Waals surface area (Å²) in [6, 6.07) is 4.59. The second kappa shape index (κ2) is 6.01. The summed E-state index contributed by atoms with van der Waals surface area (Å²) in [7, 11) is -2.02. The molecule has 2 rings (SSSR count). The molecule has 19 heavy (non-hydrogen) atoms. The topological polar surface area (TPSA) is 57.6 Å². The van der Waals surface area contributed by atoms with Gasteiger partial charge in [-0.15, -0.1) is 0 Å². The average Bonchev–Trinajstić information content (AvgIpc) is 2.92. The van der Waals surface area contributed by atoms with Crippen LogP contribution < -0.4 is 0 Å². The molecule has 106 valence electrons. The Kier molecular flexibility index (Phi) is 4.79. The van der Waals surface area contributed by atoms with E-state index in [4.69, 9.17) is 16.7 Å². The molecule has 7 heteroatoms. The number of nitrogens with zero attached hydrogens (tertiary/aromatic N) is 1. The van der Waals surface area contributed by atoms with E-state index in [0.29, 0.717) is 5.56 Å². The van der Waals surface area contributed by atoms with Gasteiger partial charge in [-0.05, 0) is 29.9 Å². The largest absolute Gasteiger partial charge is 0.392 e. The molecule has 0 amide bonds. The second-order valence-electron chi connectivity index (χ2n) is 4.46. The van der Waals surface area contributed by atoms with Gasteiger partial charge in [-0.1, -0.05) is 17.7 Å². The molecule has 1 saturated heterocycles. The lowest BCUT2D eigenvalue weighted by Crippen LogP contribution is -2.37. The Hall–Kier alpha value is -0.270. The standard InChI is InChI=1S/C12H16ClNO3S2/c1-14(10-4-5-18-8-10)19(16,17)12-6-9(7-15)2-3-11(12)13/h2-3,6,10,15H,4-5,7-8H2,1H3. The molecule has 1 heterocycles. The fraction of sp³-hybridized carbons (Fsp3) is 0.500. The molecule has 1 aromatic carbocycles. The Morgan fingerprint density at radius 3 is 2.84 bits per heavy atom. The maximum absolute atomic E-state index is 12.6. The summed E-state index contributed by atoms with van der Waals surface area (Å²) in [5, 5.41) is 9.30. The monoisotopic (exact) mass is 321 g/mol. The van der Waals surface area contributed by atoms with E-state index in [2.05, 4.69) is 0 Å². The summed E-state index contributed by atoms with van der Waals surface area (Å²) < 4.78 is 26.5. The number of aliphatic hydroxyl groups is 1. The summed E-state index contributed by atoms with van der Waals surface area (Å²) in [6.45, 7) is -0.206. The molecular formula is C12H16ClNO3S2. The van der Waals surface area contributed by atoms with E-state index in [-0.39, 0.29) is 22.6 Å². The lowest BCUT2D eigenvalue weighted by molar-refractivity contribution is 0.281. The van der Waals surface area contributed by atoms with Gasteiger partial charge in [0.25, 0.3) is 0 Å². The Labute approximate surface area is 122 Å². The smallest absolute Gasteiger partial charge is 0.244 e. The number of benzene rings is 1. The van der Waals surface area contributed by atoms with E-state index < -0.39 is 10.0 Å². The number of thioether (sulfide) groups is 1. The lowest BCUT2D eigenvalue weighted by atomic mass is 10.2. The molecule has 1 aliphatic rings. The van der Waals surface area contributed by atoms with Crippen LogP contribution in [-0.2, 0) is 16.6 Å². The third-order valence-electron chi connectivity index (χ3n) is 3.26. The summed E-state index contributed by atoms with van der Waals surface area (Å²) >= 11 is 7.75. The van der Waals surface area contributed by atoms with Crippen molar-refractivity contribution in [3.05, 3.63) is 28.8 Å². The van der Waals surface area contributed by atoms with Crippen molar-refractivity contribution >= 4 is 33.4 Å². The van der Waals surface area contributed by atoms with Crippen LogP contribution in [0.15, 0.2) is 23.1 Å². The summed E-state index contributed by atoms with van der Waals surface area (Å²) in [6.07, 6.45) is 0.859. The van der Waals surface area contributed by atoms with E-state index in [1.54, 1.807) is 24.9 Å². The molecule has 1 N–H and O–H groups in total. The van der Waals surface area contributed by atoms with Crippen molar-refractivity contribution in [2.75, 3.05) is 18.6 Å². The van der Waals surface area contributed by atoms with Gasteiger partial charge in [0, 0.05) is 18.8 Å². The van der Waals surface area contributed by atoms with Gasteiger partial charge in [-0.3, -0.25) is 0 Å². The molecule has 0 saturated carbocycles. The molecule has 0 aromatic heterocycles. The zero-order valence-corrected chi connectivity index (χ0v) is 12.9. The first-order chi connectivity index (χ1) is 8.96. The first kappa shape index (κ1) is 15.1. The Morgan fingerprint density at radius 1 is 1.53 bits per heavy atom. The number of aliphatic hydroxyl groups excluding tert-OH is 1. The van der Waals surface area contributed by atoms with Crippen LogP contribution in [0.3, 0.4) is 0 Å². The molecule has 1 aromatic rings. The van der Waals surface area contributed by atoms with Gasteiger partial charge in [-0.25, -0.2) is 8.42 Å². The molecule has 1 fully saturated rings. The van der Waals surface area contributed by atoms with Gasteiger partial charge >= 0.3 is 0 Å². The highest BCUT2D eigenvalue weighted by molar-refractivity contribution is 7.99. The first-order valence-corrected chi connectivity index (χ1v) is 8.89. The molecule has 4 nitrogen and oxygen atoms in total. The Bertz CT molecular complexity index is 556. The van der Waals surface area contributed by atoms with E-state index in [0.717, 1.165) is 17.9 Å². The van der Waals surface area contributed by atoms with Crippen LogP contribution in [0.1, 0.15) is 12.0 Å². The minimum Gasteiger partial charge on any atom is -0.392 e. The van der Waals surface area contributed by atoms with Gasteiger partial charge in [0.1, 0.15) is 4.90 Å². The molecule has 0 spiro atoms. The molecule has 1 unspecified atom stereocenters. The van der Waals surface area contributed by atoms with Crippen molar-refractivity contribution in [1.82, 2.24) is 4.31 Å². The summed E-state index contributed by atoms with van der Waals surface area (Å²) in [4.78, 5) is 0.0696. The highest BCUT2D eigenvalue weighted by Gasteiger charge is 2.31. The SMILES string of the molecule is CN(C1CCSC1)S(=O)(=O)c1cc(CO)ccc1Cl. The van der Waals surface area contributed by atoms with Crippen molar-refractivity contribution in [3.63, 3.8) is 0 Å². The van der Waals surface area contributed by atoms with Crippen LogP contribution in [0.25, 0.3) is 0 Å². The van der Waals surface area contributed by atoms with Gasteiger partial charge < -0.3 is 5.11 Å². The zero-order chi connectivity index (χ0) is 14.0. The quantitative estimate of drug-likeness (QED) is 0.921. The Morgan fingerprint density at radius 2 is 2.26 bits per heavy atom. The van der Waals surface area contributed by atoms with E-state index in [1.807, 2.05) is 0 Å². The zero-order valence-electron chi connectivity index (χ0n) is 10.5. The van der Waals surface area contributed by atoms with Crippen molar-refractivity contribution in [1.29, 1.82) is 0 Å². The third kappa shape index (κ3) is 3.08. The molecule has 1 atom stereocenters. The number of sulfonamides is 1. The Balaban J connectivity index is 2.38. The van der Waals surface area contributed by atoms with E-state index >= 15 is 0 Å². The van der Waals surface area contributed by atoms with Gasteiger partial charge in [0.05, 0.1) is 11.6 Å². The van der Waals surface area contributed by atoms with Gasteiger partial charge in [0.2, 0.25) is 10.0 Å². The average molecular weight is 322 g/mol. The number of rotatable bonds is 4. The number of hydrogen-bond donors (Lipinski definition) is 1. The van der Waals surface area contributed by atoms with Crippen LogP contribution >= 0.6 is 23.4 Å². The molecule has 0 aliphatic carbocycles. The normalized spacial score (nSPS) is 20.1. The lowest BCUT2D eigenvalue weighted by Gasteiger charge is -2.23. The fourth-order valence-corrected chi connectivity index (χ4v) is 5.27. The highest BCUT2D eigenvalue weighted by Crippen LogP contribution is 2.30. The van der Waals surface area contributed by atoms with Crippen LogP contribution in [0.2, 0.25) is 5.02 Å². The van der Waals surface area contributed by atoms with Crippen molar-refractivity contribution in [2.45, 2.75) is 24.0 Å². The second-order valence-corrected chi connectivity index (χ2v) is 7.98. The summed E-state index contributed by atoms with van der Waals surface area (Å²) in [5.41, 5.74) is 0.539. The highest BCUT2D eigenvalue weighted by atomic mass is 35.5. The predicted octanol–water partition coefficient (Wildman–Crippen LogP) is 1.96. The minimum atomic E-state index is -3.61. The number of hydrogen-bond acceptors (Lipinski definition) is 4. The van der Waals surface area contributed by atoms with Gasteiger partial charge in [-0.2, -0.15) is 16.1 Å². The summed E-state index contributed by atoms with van der Waals surface area (Å²) in [5.74, 6) is 1.79. The van der Waals surface area contributed by atoms with E-state index in [9.17, 15) is 8.42 Å². The molecule has 0 radical (unpaired) electrons. The van der Waals surface area contributed by atoms with Crippen molar-refractivity contribution < 1.29 is 13.5 Å². The molecule has 0 bridgehead atoms. The van der Waals surface area contributed by atoms with Crippen LogP contribution in [0.5, 0.6) is 0 Å². The van der Waals surface area contributed by atoms with Crippen LogP contribution in [0, 0.1) is 0 Å². The van der Waals surface area contributed by atoms with Gasteiger partial charge in [0.15, 0.2) is 0 Å². The van der Waals surface area contributed by atoms with Crippen molar-refractivity contribution in [3.8, 4) is 0 Å². The van der Waals surface area contributed by atoms with Crippen molar-refractivity contribution in [2.24, 2.45) is 0 Å². The first-order valence-electron chi connectivity index (χ1n) is 5.92. The van der Waals surface area contributed by atoms with Crippen LogP contribution in [-0.4, -0.2) is 42.4 Å². The molecular weight excluding hydrogens is 306 g/mol.